The zero-order valence-electron chi connectivity index (χ0n) is 7.40. The lowest BCUT2D eigenvalue weighted by molar-refractivity contribution is -0.423. The maximum absolute atomic E-state index is 10.6. The van der Waals surface area contributed by atoms with Crippen LogP contribution in [0.3, 0.4) is 0 Å². The number of halogens is 1. The molecule has 0 aliphatic carbocycles. The van der Waals surface area contributed by atoms with E-state index in [1.807, 2.05) is 0 Å². The van der Waals surface area contributed by atoms with Crippen LogP contribution in [0.1, 0.15) is 0 Å². The molecule has 0 spiro atoms. The molecular formula is C6H2BrN5O4. The molecule has 1 aromatic carbocycles. The molecule has 0 aliphatic rings. The topological polar surface area (TPSA) is 135 Å². The number of azide groups is 1. The summed E-state index contributed by atoms with van der Waals surface area (Å²) in [5.74, 6) is 0. The number of nitro groups is 2. The minimum Gasteiger partial charge on any atom is -0.258 e. The van der Waals surface area contributed by atoms with E-state index in [0.717, 1.165) is 12.1 Å². The Labute approximate surface area is 95.7 Å². The highest BCUT2D eigenvalue weighted by molar-refractivity contribution is 9.10. The van der Waals surface area contributed by atoms with Gasteiger partial charge >= 0.3 is 11.4 Å². The zero-order chi connectivity index (χ0) is 12.3. The van der Waals surface area contributed by atoms with E-state index in [4.69, 9.17) is 5.53 Å². The standard InChI is InChI=1S/C6H2BrN5O4/c7-5-3(9-10-8)1-2-4(11(13)14)6(5)12(15)16/h1-2H. The van der Waals surface area contributed by atoms with E-state index in [0.29, 0.717) is 0 Å². The average molecular weight is 288 g/mol. The second-order valence-corrected chi connectivity index (χ2v) is 3.26. The van der Waals surface area contributed by atoms with Crippen LogP contribution in [0, 0.1) is 20.2 Å². The quantitative estimate of drug-likeness (QED) is 0.277. The minimum atomic E-state index is -0.918. The Kier molecular flexibility index (Phi) is 3.38. The van der Waals surface area contributed by atoms with Crippen LogP contribution >= 0.6 is 15.9 Å². The first-order chi connectivity index (χ1) is 7.49. The molecule has 0 heterocycles. The Bertz CT molecular complexity index is 524. The summed E-state index contributed by atoms with van der Waals surface area (Å²) in [7, 11) is 0. The molecule has 1 aromatic rings. The largest absolute Gasteiger partial charge is 0.360 e. The summed E-state index contributed by atoms with van der Waals surface area (Å²) in [6.45, 7) is 0. The predicted molar refractivity (Wildman–Crippen MR) is 56.3 cm³/mol. The lowest BCUT2D eigenvalue weighted by atomic mass is 10.2. The van der Waals surface area contributed by atoms with Crippen molar-refractivity contribution in [2.45, 2.75) is 0 Å². The summed E-state index contributed by atoms with van der Waals surface area (Å²) in [6, 6.07) is 2.03. The molecule has 9 nitrogen and oxygen atoms in total. The number of benzene rings is 1. The molecule has 0 saturated heterocycles. The molecule has 0 unspecified atom stereocenters. The van der Waals surface area contributed by atoms with Crippen molar-refractivity contribution in [1.82, 2.24) is 0 Å². The van der Waals surface area contributed by atoms with Gasteiger partial charge in [0.15, 0.2) is 0 Å². The van der Waals surface area contributed by atoms with E-state index < -0.39 is 21.2 Å². The molecule has 0 aliphatic heterocycles. The molecule has 0 N–H and O–H groups in total. The monoisotopic (exact) mass is 287 g/mol. The number of hydrogen-bond acceptors (Lipinski definition) is 5. The number of nitro benzene ring substituents is 2. The van der Waals surface area contributed by atoms with Crippen molar-refractivity contribution < 1.29 is 9.85 Å². The molecule has 10 heteroatoms. The summed E-state index contributed by atoms with van der Waals surface area (Å²) >= 11 is 2.79. The smallest absolute Gasteiger partial charge is 0.258 e. The van der Waals surface area contributed by atoms with Gasteiger partial charge in [-0.05, 0) is 27.5 Å². The third-order valence-corrected chi connectivity index (χ3v) is 2.39. The fraction of sp³-hybridized carbons (Fsp3) is 0. The summed E-state index contributed by atoms with van der Waals surface area (Å²) in [5, 5.41) is 24.3. The van der Waals surface area contributed by atoms with Crippen molar-refractivity contribution in [3.8, 4) is 0 Å². The molecule has 0 amide bonds. The van der Waals surface area contributed by atoms with Gasteiger partial charge in [-0.2, -0.15) is 0 Å². The maximum atomic E-state index is 10.6. The normalized spacial score (nSPS) is 9.31. The molecule has 0 fully saturated rings. The van der Waals surface area contributed by atoms with E-state index in [2.05, 4.69) is 26.0 Å². The van der Waals surface area contributed by atoms with Gasteiger partial charge in [0.1, 0.15) is 4.47 Å². The highest BCUT2D eigenvalue weighted by atomic mass is 79.9. The molecule has 16 heavy (non-hydrogen) atoms. The molecular weight excluding hydrogens is 286 g/mol. The van der Waals surface area contributed by atoms with Crippen LogP contribution in [0.5, 0.6) is 0 Å². The molecule has 0 atom stereocenters. The Morgan fingerprint density at radius 2 is 1.94 bits per heavy atom. The van der Waals surface area contributed by atoms with Crippen molar-refractivity contribution in [3.05, 3.63) is 47.3 Å². The predicted octanol–water partition coefficient (Wildman–Crippen LogP) is 3.21. The van der Waals surface area contributed by atoms with Crippen LogP contribution < -0.4 is 0 Å². The SMILES string of the molecule is [N-]=[N+]=Nc1ccc([N+](=O)[O-])c([N+](=O)[O-])c1Br. The van der Waals surface area contributed by atoms with Gasteiger partial charge in [0, 0.05) is 11.0 Å². The van der Waals surface area contributed by atoms with Crippen LogP contribution in [0.25, 0.3) is 10.4 Å². The molecule has 82 valence electrons. The van der Waals surface area contributed by atoms with Crippen molar-refractivity contribution in [1.29, 1.82) is 0 Å². The first-order valence-corrected chi connectivity index (χ1v) is 4.44. The summed E-state index contributed by atoms with van der Waals surface area (Å²) < 4.78 is -0.218. The summed E-state index contributed by atoms with van der Waals surface area (Å²) in [5.41, 5.74) is 6.69. The molecule has 1 rings (SSSR count). The van der Waals surface area contributed by atoms with E-state index in [1.54, 1.807) is 0 Å². The van der Waals surface area contributed by atoms with Gasteiger partial charge in [0.2, 0.25) is 0 Å². The summed E-state index contributed by atoms with van der Waals surface area (Å²) in [6.07, 6.45) is 0. The van der Waals surface area contributed by atoms with Crippen molar-refractivity contribution in [2.24, 2.45) is 5.11 Å². The van der Waals surface area contributed by atoms with Crippen LogP contribution in [-0.2, 0) is 0 Å². The highest BCUT2D eigenvalue weighted by Crippen LogP contribution is 2.40. The molecule has 0 radical (unpaired) electrons. The van der Waals surface area contributed by atoms with Gasteiger partial charge in [0.05, 0.1) is 15.5 Å². The van der Waals surface area contributed by atoms with Gasteiger partial charge in [-0.1, -0.05) is 5.11 Å². The van der Waals surface area contributed by atoms with Crippen LogP contribution in [0.4, 0.5) is 17.1 Å². The van der Waals surface area contributed by atoms with Crippen LogP contribution in [-0.4, -0.2) is 9.85 Å². The lowest BCUT2D eigenvalue weighted by Crippen LogP contribution is -1.97. The van der Waals surface area contributed by atoms with Crippen LogP contribution in [0.2, 0.25) is 0 Å². The minimum absolute atomic E-state index is 0.0835. The van der Waals surface area contributed by atoms with Crippen molar-refractivity contribution in [3.63, 3.8) is 0 Å². The van der Waals surface area contributed by atoms with E-state index in [-0.39, 0.29) is 10.2 Å². The second kappa shape index (κ2) is 4.55. The fourth-order valence-corrected chi connectivity index (χ4v) is 1.55. The number of hydrogen-bond donors (Lipinski definition) is 0. The van der Waals surface area contributed by atoms with Crippen molar-refractivity contribution >= 4 is 33.0 Å². The first kappa shape index (κ1) is 11.9. The third kappa shape index (κ3) is 2.07. The first-order valence-electron chi connectivity index (χ1n) is 3.65. The van der Waals surface area contributed by atoms with Gasteiger partial charge < -0.3 is 0 Å². The second-order valence-electron chi connectivity index (χ2n) is 2.47. The van der Waals surface area contributed by atoms with Gasteiger partial charge in [-0.15, -0.1) is 0 Å². The van der Waals surface area contributed by atoms with E-state index >= 15 is 0 Å². The lowest BCUT2D eigenvalue weighted by Gasteiger charge is -1.99. The Morgan fingerprint density at radius 1 is 1.31 bits per heavy atom. The van der Waals surface area contributed by atoms with Crippen molar-refractivity contribution in [2.75, 3.05) is 0 Å². The molecule has 0 bridgehead atoms. The van der Waals surface area contributed by atoms with E-state index in [9.17, 15) is 20.2 Å². The number of rotatable bonds is 3. The van der Waals surface area contributed by atoms with E-state index in [1.165, 1.54) is 0 Å². The maximum Gasteiger partial charge on any atom is 0.360 e. The highest BCUT2D eigenvalue weighted by Gasteiger charge is 2.29. The third-order valence-electron chi connectivity index (χ3n) is 1.61. The Balaban J connectivity index is 3.60. The molecule has 0 saturated carbocycles. The molecule has 0 aromatic heterocycles. The Hall–Kier alpha value is -2.19. The van der Waals surface area contributed by atoms with Gasteiger partial charge in [-0.25, -0.2) is 0 Å². The fourth-order valence-electron chi connectivity index (χ4n) is 0.990. The Morgan fingerprint density at radius 3 is 2.38 bits per heavy atom. The summed E-state index contributed by atoms with van der Waals surface area (Å²) in [4.78, 5) is 21.8. The van der Waals surface area contributed by atoms with Gasteiger partial charge in [-0.3, -0.25) is 20.2 Å². The number of nitrogens with zero attached hydrogens (tertiary/aromatic N) is 5. The van der Waals surface area contributed by atoms with Crippen LogP contribution in [0.15, 0.2) is 21.7 Å². The zero-order valence-corrected chi connectivity index (χ0v) is 8.99. The average Bonchev–Trinajstić information content (AvgIpc) is 2.20. The van der Waals surface area contributed by atoms with Gasteiger partial charge in [0.25, 0.3) is 0 Å².